The summed E-state index contributed by atoms with van der Waals surface area (Å²) < 4.78 is 13.5. The molecule has 1 amide bonds. The lowest BCUT2D eigenvalue weighted by molar-refractivity contribution is -0.123. The van der Waals surface area contributed by atoms with Gasteiger partial charge in [0.05, 0.1) is 4.70 Å². The van der Waals surface area contributed by atoms with Gasteiger partial charge in [0.1, 0.15) is 10.6 Å². The van der Waals surface area contributed by atoms with Crippen molar-refractivity contribution in [3.63, 3.8) is 0 Å². The molecule has 0 fully saturated rings. The van der Waals surface area contributed by atoms with Crippen LogP contribution in [-0.4, -0.2) is 23.1 Å². The Bertz CT molecular complexity index is 1120. The number of hydrogen-bond acceptors (Lipinski definition) is 7. The second-order valence-corrected chi connectivity index (χ2v) is 7.90. The number of carbonyl (C=O) groups excluding carboxylic acids is 2. The molecule has 0 unspecified atom stereocenters. The van der Waals surface area contributed by atoms with E-state index < -0.39 is 18.0 Å². The lowest BCUT2D eigenvalue weighted by Gasteiger charge is -2.11. The van der Waals surface area contributed by atoms with Gasteiger partial charge < -0.3 is 14.6 Å². The maximum Gasteiger partial charge on any atom is 0.349 e. The minimum Gasteiger partial charge on any atom is -0.448 e. The molecule has 132 valence electrons. The highest BCUT2D eigenvalue weighted by molar-refractivity contribution is 7.33. The van der Waals surface area contributed by atoms with E-state index in [9.17, 15) is 9.59 Å². The van der Waals surface area contributed by atoms with Crippen LogP contribution < -0.4 is 5.32 Å². The predicted molar refractivity (Wildman–Crippen MR) is 102 cm³/mol. The average Bonchev–Trinajstić information content (AvgIpc) is 3.28. The number of aryl methyl sites for hydroxylation is 1. The van der Waals surface area contributed by atoms with Gasteiger partial charge in [-0.25, -0.2) is 4.79 Å². The SMILES string of the molecule is Cc1cc(NC(=O)[C@H](C)OC(=O)c2cc3sc4ccccc4c3s2)no1. The first-order valence-corrected chi connectivity index (χ1v) is 9.51. The number of amides is 1. The normalized spacial score (nSPS) is 12.4. The number of anilines is 1. The van der Waals surface area contributed by atoms with Crippen LogP contribution in [0.4, 0.5) is 5.82 Å². The summed E-state index contributed by atoms with van der Waals surface area (Å²) in [6, 6.07) is 11.5. The lowest BCUT2D eigenvalue weighted by Crippen LogP contribution is -2.29. The molecule has 0 saturated heterocycles. The number of nitrogens with one attached hydrogen (secondary N) is 1. The van der Waals surface area contributed by atoms with Gasteiger partial charge in [0.15, 0.2) is 11.9 Å². The molecular formula is C18H14N2O4S2. The second-order valence-electron chi connectivity index (χ2n) is 5.76. The third kappa shape index (κ3) is 3.09. The van der Waals surface area contributed by atoms with Crippen molar-refractivity contribution in [3.8, 4) is 0 Å². The van der Waals surface area contributed by atoms with E-state index in [4.69, 9.17) is 9.26 Å². The third-order valence-corrected chi connectivity index (χ3v) is 6.18. The van der Waals surface area contributed by atoms with Crippen molar-refractivity contribution >= 4 is 59.9 Å². The molecule has 0 radical (unpaired) electrons. The molecule has 1 aromatic carbocycles. The van der Waals surface area contributed by atoms with Crippen molar-refractivity contribution in [1.29, 1.82) is 0 Å². The first-order valence-electron chi connectivity index (χ1n) is 7.87. The number of hydrogen-bond donors (Lipinski definition) is 1. The number of nitrogens with zero attached hydrogens (tertiary/aromatic N) is 1. The van der Waals surface area contributed by atoms with Gasteiger partial charge in [-0.15, -0.1) is 22.7 Å². The summed E-state index contributed by atoms with van der Waals surface area (Å²) in [5, 5.41) is 7.36. The molecule has 0 bridgehead atoms. The number of ether oxygens (including phenoxy) is 1. The van der Waals surface area contributed by atoms with Crippen LogP contribution in [0, 0.1) is 6.92 Å². The van der Waals surface area contributed by atoms with Crippen molar-refractivity contribution < 1.29 is 18.8 Å². The zero-order chi connectivity index (χ0) is 18.3. The molecule has 0 aliphatic carbocycles. The minimum atomic E-state index is -0.948. The highest BCUT2D eigenvalue weighted by atomic mass is 32.1. The van der Waals surface area contributed by atoms with Crippen LogP contribution in [-0.2, 0) is 9.53 Å². The van der Waals surface area contributed by atoms with E-state index in [0.29, 0.717) is 16.5 Å². The van der Waals surface area contributed by atoms with E-state index in [0.717, 1.165) is 14.8 Å². The van der Waals surface area contributed by atoms with Crippen LogP contribution in [0.25, 0.3) is 19.5 Å². The van der Waals surface area contributed by atoms with Crippen molar-refractivity contribution in [2.45, 2.75) is 20.0 Å². The Balaban J connectivity index is 1.48. The van der Waals surface area contributed by atoms with Crippen molar-refractivity contribution in [2.75, 3.05) is 5.32 Å². The molecule has 26 heavy (non-hydrogen) atoms. The molecule has 4 aromatic rings. The molecule has 0 saturated carbocycles. The Morgan fingerprint density at radius 3 is 2.77 bits per heavy atom. The minimum absolute atomic E-state index is 0.290. The van der Waals surface area contributed by atoms with Crippen LogP contribution in [0.5, 0.6) is 0 Å². The lowest BCUT2D eigenvalue weighted by atomic mass is 10.2. The summed E-state index contributed by atoms with van der Waals surface area (Å²) >= 11 is 3.01. The standard InChI is InChI=1S/C18H14N2O4S2/c1-9-7-15(20-24-9)19-17(21)10(2)23-18(22)14-8-13-16(26-14)11-5-3-4-6-12(11)25-13/h3-8,10H,1-2H3,(H,19,20,21)/t10-/m0/s1. The van der Waals surface area contributed by atoms with Crippen LogP contribution in [0.1, 0.15) is 22.4 Å². The van der Waals surface area contributed by atoms with Gasteiger partial charge in [-0.05, 0) is 26.0 Å². The maximum atomic E-state index is 12.4. The first-order chi connectivity index (χ1) is 12.5. The first kappa shape index (κ1) is 16.7. The summed E-state index contributed by atoms with van der Waals surface area (Å²) in [6.07, 6.45) is -0.948. The Morgan fingerprint density at radius 1 is 1.19 bits per heavy atom. The van der Waals surface area contributed by atoms with Crippen LogP contribution >= 0.6 is 22.7 Å². The maximum absolute atomic E-state index is 12.4. The molecule has 0 spiro atoms. The second kappa shape index (κ2) is 6.54. The topological polar surface area (TPSA) is 81.4 Å². The Labute approximate surface area is 156 Å². The number of fused-ring (bicyclic) bond motifs is 3. The highest BCUT2D eigenvalue weighted by Crippen LogP contribution is 2.39. The van der Waals surface area contributed by atoms with E-state index in [2.05, 4.69) is 16.5 Å². The molecule has 1 N–H and O–H groups in total. The Hall–Kier alpha value is -2.71. The predicted octanol–water partition coefficient (Wildman–Crippen LogP) is 4.60. The fraction of sp³-hybridized carbons (Fsp3) is 0.167. The van der Waals surface area contributed by atoms with Gasteiger partial charge in [-0.2, -0.15) is 0 Å². The van der Waals surface area contributed by atoms with Gasteiger partial charge in [0.2, 0.25) is 0 Å². The smallest absolute Gasteiger partial charge is 0.349 e. The average molecular weight is 386 g/mol. The van der Waals surface area contributed by atoms with E-state index in [1.54, 1.807) is 24.3 Å². The molecule has 0 aliphatic rings. The van der Waals surface area contributed by atoms with E-state index in [1.807, 2.05) is 24.3 Å². The van der Waals surface area contributed by atoms with Gasteiger partial charge in [0, 0.05) is 20.9 Å². The van der Waals surface area contributed by atoms with Gasteiger partial charge >= 0.3 is 5.97 Å². The van der Waals surface area contributed by atoms with Gasteiger partial charge in [-0.3, -0.25) is 4.79 Å². The third-order valence-electron chi connectivity index (χ3n) is 3.78. The molecule has 6 nitrogen and oxygen atoms in total. The number of aromatic nitrogens is 1. The zero-order valence-corrected chi connectivity index (χ0v) is 15.6. The summed E-state index contributed by atoms with van der Waals surface area (Å²) in [5.74, 6) is -0.105. The number of thiophene rings is 2. The number of rotatable bonds is 4. The summed E-state index contributed by atoms with van der Waals surface area (Å²) in [5.41, 5.74) is 0. The highest BCUT2D eigenvalue weighted by Gasteiger charge is 2.22. The van der Waals surface area contributed by atoms with Crippen LogP contribution in [0.2, 0.25) is 0 Å². The molecule has 3 heterocycles. The van der Waals surface area contributed by atoms with Gasteiger partial charge in [0.25, 0.3) is 5.91 Å². The fourth-order valence-electron chi connectivity index (χ4n) is 2.53. The van der Waals surface area contributed by atoms with Crippen molar-refractivity contribution in [1.82, 2.24) is 5.16 Å². The monoisotopic (exact) mass is 386 g/mol. The number of carbonyl (C=O) groups is 2. The molecule has 1 atom stereocenters. The molecule has 4 rings (SSSR count). The van der Waals surface area contributed by atoms with Crippen LogP contribution in [0.15, 0.2) is 40.9 Å². The fourth-order valence-corrected chi connectivity index (χ4v) is 4.93. The van der Waals surface area contributed by atoms with Crippen LogP contribution in [0.3, 0.4) is 0 Å². The molecule has 3 aromatic heterocycles. The molecule has 0 aliphatic heterocycles. The Kier molecular flexibility index (Phi) is 4.21. The molecule has 8 heteroatoms. The van der Waals surface area contributed by atoms with E-state index in [-0.39, 0.29) is 0 Å². The number of esters is 1. The Morgan fingerprint density at radius 2 is 2.00 bits per heavy atom. The summed E-state index contributed by atoms with van der Waals surface area (Å²) in [6.45, 7) is 3.24. The van der Waals surface area contributed by atoms with Crippen molar-refractivity contribution in [3.05, 3.63) is 47.0 Å². The van der Waals surface area contributed by atoms with Crippen molar-refractivity contribution in [2.24, 2.45) is 0 Å². The van der Waals surface area contributed by atoms with E-state index in [1.165, 1.54) is 23.0 Å². The number of benzene rings is 1. The quantitative estimate of drug-likeness (QED) is 0.519. The summed E-state index contributed by atoms with van der Waals surface area (Å²) in [7, 11) is 0. The largest absolute Gasteiger partial charge is 0.448 e. The van der Waals surface area contributed by atoms with Gasteiger partial charge in [-0.1, -0.05) is 23.4 Å². The molecular weight excluding hydrogens is 372 g/mol. The van der Waals surface area contributed by atoms with E-state index >= 15 is 0 Å². The summed E-state index contributed by atoms with van der Waals surface area (Å²) in [4.78, 5) is 25.0. The zero-order valence-electron chi connectivity index (χ0n) is 13.9.